The number of aryl methyl sites for hydroxylation is 1. The van der Waals surface area contributed by atoms with E-state index < -0.39 is 0 Å². The highest BCUT2D eigenvalue weighted by Gasteiger charge is 2.25. The number of carbonyl (C=O) groups excluding carboxylic acids is 1. The lowest BCUT2D eigenvalue weighted by atomic mass is 9.76. The molecule has 0 aliphatic heterocycles. The molecular formula is C24H24F2N2O. The molecule has 1 N–H and O–H groups in total. The number of fused-ring (bicyclic) bond motifs is 1. The third kappa shape index (κ3) is 4.44. The van der Waals surface area contributed by atoms with E-state index in [1.165, 1.54) is 18.2 Å². The summed E-state index contributed by atoms with van der Waals surface area (Å²) in [5.41, 5.74) is 3.50. The Bertz CT molecular complexity index is 1020. The molecule has 2 aromatic carbocycles. The number of amides is 1. The smallest absolute Gasteiger partial charge is 0.224 e. The average Bonchev–Trinajstić information content (AvgIpc) is 2.70. The SMILES string of the molecule is Cc1cc(F)cc2c(C3CCC(CC(=O)Nc4ccc(F)cc4)CC3)ccnc12. The van der Waals surface area contributed by atoms with Gasteiger partial charge in [0, 0.05) is 23.7 Å². The van der Waals surface area contributed by atoms with Gasteiger partial charge in [-0.2, -0.15) is 0 Å². The molecule has 1 heterocycles. The molecule has 5 heteroatoms. The van der Waals surface area contributed by atoms with Crippen LogP contribution in [0.4, 0.5) is 14.5 Å². The monoisotopic (exact) mass is 394 g/mol. The van der Waals surface area contributed by atoms with Crippen molar-refractivity contribution in [3.8, 4) is 0 Å². The Morgan fingerprint density at radius 3 is 2.48 bits per heavy atom. The number of nitrogens with one attached hydrogen (secondary N) is 1. The van der Waals surface area contributed by atoms with Gasteiger partial charge in [0.1, 0.15) is 11.6 Å². The van der Waals surface area contributed by atoms with Crippen LogP contribution in [0.1, 0.15) is 49.1 Å². The molecule has 0 spiro atoms. The number of benzene rings is 2. The molecule has 1 saturated carbocycles. The number of carbonyl (C=O) groups is 1. The third-order valence-corrected chi connectivity index (χ3v) is 5.92. The van der Waals surface area contributed by atoms with Gasteiger partial charge >= 0.3 is 0 Å². The summed E-state index contributed by atoms with van der Waals surface area (Å²) < 4.78 is 26.9. The Morgan fingerprint density at radius 2 is 1.76 bits per heavy atom. The first-order chi connectivity index (χ1) is 14.0. The molecule has 1 aliphatic rings. The van der Waals surface area contributed by atoms with E-state index in [1.807, 2.05) is 19.2 Å². The molecule has 1 aromatic heterocycles. The van der Waals surface area contributed by atoms with Crippen molar-refractivity contribution in [3.05, 3.63) is 71.4 Å². The van der Waals surface area contributed by atoms with Gasteiger partial charge in [-0.25, -0.2) is 8.78 Å². The highest BCUT2D eigenvalue weighted by molar-refractivity contribution is 5.90. The molecule has 3 aromatic rings. The molecule has 150 valence electrons. The molecule has 0 atom stereocenters. The zero-order chi connectivity index (χ0) is 20.4. The van der Waals surface area contributed by atoms with Crippen molar-refractivity contribution in [2.45, 2.75) is 44.9 Å². The van der Waals surface area contributed by atoms with E-state index in [1.54, 1.807) is 18.2 Å². The van der Waals surface area contributed by atoms with Gasteiger partial charge in [0.15, 0.2) is 0 Å². The molecule has 1 fully saturated rings. The van der Waals surface area contributed by atoms with Crippen LogP contribution in [0, 0.1) is 24.5 Å². The zero-order valence-electron chi connectivity index (χ0n) is 16.4. The lowest BCUT2D eigenvalue weighted by Crippen LogP contribution is -2.20. The second-order valence-corrected chi connectivity index (χ2v) is 8.00. The van der Waals surface area contributed by atoms with Crippen LogP contribution in [-0.4, -0.2) is 10.9 Å². The molecular weight excluding hydrogens is 370 g/mol. The van der Waals surface area contributed by atoms with Gasteiger partial charge in [-0.15, -0.1) is 0 Å². The molecule has 3 nitrogen and oxygen atoms in total. The van der Waals surface area contributed by atoms with Gasteiger partial charge in [-0.05, 0) is 98.0 Å². The fraction of sp³-hybridized carbons (Fsp3) is 0.333. The Hall–Kier alpha value is -2.82. The predicted octanol–water partition coefficient (Wildman–Crippen LogP) is 6.12. The van der Waals surface area contributed by atoms with E-state index in [4.69, 9.17) is 0 Å². The Morgan fingerprint density at radius 1 is 1.03 bits per heavy atom. The van der Waals surface area contributed by atoms with Gasteiger partial charge < -0.3 is 5.32 Å². The number of hydrogen-bond acceptors (Lipinski definition) is 2. The number of anilines is 1. The van der Waals surface area contributed by atoms with E-state index in [0.717, 1.165) is 47.7 Å². The summed E-state index contributed by atoms with van der Waals surface area (Å²) in [6.45, 7) is 1.89. The van der Waals surface area contributed by atoms with Crippen molar-refractivity contribution in [3.63, 3.8) is 0 Å². The molecule has 0 radical (unpaired) electrons. The molecule has 0 saturated heterocycles. The summed E-state index contributed by atoms with van der Waals surface area (Å²) in [6.07, 6.45) is 6.14. The van der Waals surface area contributed by atoms with Gasteiger partial charge in [0.25, 0.3) is 0 Å². The normalized spacial score (nSPS) is 19.3. The maximum Gasteiger partial charge on any atom is 0.224 e. The highest BCUT2D eigenvalue weighted by atomic mass is 19.1. The van der Waals surface area contributed by atoms with E-state index in [9.17, 15) is 13.6 Å². The highest BCUT2D eigenvalue weighted by Crippen LogP contribution is 2.39. The van der Waals surface area contributed by atoms with E-state index >= 15 is 0 Å². The topological polar surface area (TPSA) is 42.0 Å². The molecule has 0 bridgehead atoms. The maximum atomic E-state index is 14.0. The van der Waals surface area contributed by atoms with Crippen molar-refractivity contribution in [1.82, 2.24) is 4.98 Å². The van der Waals surface area contributed by atoms with Crippen molar-refractivity contribution in [2.75, 3.05) is 5.32 Å². The van der Waals surface area contributed by atoms with Crippen LogP contribution in [0.25, 0.3) is 10.9 Å². The van der Waals surface area contributed by atoms with Gasteiger partial charge in [-0.3, -0.25) is 9.78 Å². The van der Waals surface area contributed by atoms with Gasteiger partial charge in [0.2, 0.25) is 5.91 Å². The minimum Gasteiger partial charge on any atom is -0.326 e. The van der Waals surface area contributed by atoms with Gasteiger partial charge in [0.05, 0.1) is 5.52 Å². The van der Waals surface area contributed by atoms with E-state index in [0.29, 0.717) is 23.9 Å². The number of pyridine rings is 1. The first-order valence-electron chi connectivity index (χ1n) is 10.1. The number of hydrogen-bond donors (Lipinski definition) is 1. The second-order valence-electron chi connectivity index (χ2n) is 8.00. The number of rotatable bonds is 4. The van der Waals surface area contributed by atoms with E-state index in [-0.39, 0.29) is 17.5 Å². The second kappa shape index (κ2) is 8.27. The Labute approximate surface area is 169 Å². The molecule has 29 heavy (non-hydrogen) atoms. The number of halogens is 2. The van der Waals surface area contributed by atoms with Crippen LogP contribution < -0.4 is 5.32 Å². The Kier molecular flexibility index (Phi) is 5.56. The van der Waals surface area contributed by atoms with E-state index in [2.05, 4.69) is 10.3 Å². The third-order valence-electron chi connectivity index (χ3n) is 5.92. The fourth-order valence-corrected chi connectivity index (χ4v) is 4.45. The van der Waals surface area contributed by atoms with Crippen LogP contribution in [0.2, 0.25) is 0 Å². The van der Waals surface area contributed by atoms with Crippen LogP contribution >= 0.6 is 0 Å². The summed E-state index contributed by atoms with van der Waals surface area (Å²) in [5, 5.41) is 3.75. The molecule has 4 rings (SSSR count). The van der Waals surface area contributed by atoms with Crippen LogP contribution in [0.5, 0.6) is 0 Å². The maximum absolute atomic E-state index is 14.0. The predicted molar refractivity (Wildman–Crippen MR) is 111 cm³/mol. The zero-order valence-corrected chi connectivity index (χ0v) is 16.4. The largest absolute Gasteiger partial charge is 0.326 e. The summed E-state index contributed by atoms with van der Waals surface area (Å²) >= 11 is 0. The molecule has 1 amide bonds. The molecule has 1 aliphatic carbocycles. The van der Waals surface area contributed by atoms with Crippen LogP contribution in [0.15, 0.2) is 48.7 Å². The fourth-order valence-electron chi connectivity index (χ4n) is 4.45. The summed E-state index contributed by atoms with van der Waals surface area (Å²) in [7, 11) is 0. The standard InChI is InChI=1S/C24H24F2N2O/c1-15-12-19(26)14-22-21(10-11-27-24(15)22)17-4-2-16(3-5-17)13-23(29)28-20-8-6-18(25)7-9-20/h6-12,14,16-17H,2-5,13H2,1H3,(H,28,29). The van der Waals surface area contributed by atoms with Crippen molar-refractivity contribution < 1.29 is 13.6 Å². The number of aromatic nitrogens is 1. The first kappa shape index (κ1) is 19.5. The lowest BCUT2D eigenvalue weighted by Gasteiger charge is -2.29. The van der Waals surface area contributed by atoms with Crippen LogP contribution in [0.3, 0.4) is 0 Å². The van der Waals surface area contributed by atoms with Crippen molar-refractivity contribution in [1.29, 1.82) is 0 Å². The quantitative estimate of drug-likeness (QED) is 0.579. The average molecular weight is 394 g/mol. The van der Waals surface area contributed by atoms with Gasteiger partial charge in [-0.1, -0.05) is 0 Å². The summed E-state index contributed by atoms with van der Waals surface area (Å²) in [5.74, 6) is 0.110. The minimum absolute atomic E-state index is 0.0351. The summed E-state index contributed by atoms with van der Waals surface area (Å²) in [4.78, 5) is 16.7. The van der Waals surface area contributed by atoms with Crippen molar-refractivity contribution >= 4 is 22.5 Å². The Balaban J connectivity index is 1.39. The molecule has 0 unspecified atom stereocenters. The van der Waals surface area contributed by atoms with Crippen molar-refractivity contribution in [2.24, 2.45) is 5.92 Å². The number of nitrogens with zero attached hydrogens (tertiary/aromatic N) is 1. The minimum atomic E-state index is -0.319. The summed E-state index contributed by atoms with van der Waals surface area (Å²) in [6, 6.07) is 10.9. The van der Waals surface area contributed by atoms with Crippen LogP contribution in [-0.2, 0) is 4.79 Å². The lowest BCUT2D eigenvalue weighted by molar-refractivity contribution is -0.117. The first-order valence-corrected chi connectivity index (χ1v) is 10.1.